The van der Waals surface area contributed by atoms with Gasteiger partial charge in [0.2, 0.25) is 5.78 Å². The maximum Gasteiger partial charge on any atom is 0.268 e. The second-order valence-corrected chi connectivity index (χ2v) is 35.3. The van der Waals surface area contributed by atoms with E-state index in [1.54, 1.807) is 27.3 Å². The minimum Gasteiger partial charge on any atom is -0.348 e. The van der Waals surface area contributed by atoms with Crippen molar-refractivity contribution in [3.63, 3.8) is 0 Å². The van der Waals surface area contributed by atoms with Crippen LogP contribution in [-0.4, -0.2) is 61.1 Å². The van der Waals surface area contributed by atoms with Gasteiger partial charge in [0, 0.05) is 76.3 Å². The number of pyridine rings is 2. The van der Waals surface area contributed by atoms with E-state index in [1.807, 2.05) is 120 Å². The van der Waals surface area contributed by atoms with Gasteiger partial charge in [0.1, 0.15) is 11.6 Å². The van der Waals surface area contributed by atoms with Crippen LogP contribution in [0.2, 0.25) is 0 Å². The molecule has 0 aliphatic rings. The first-order valence-corrected chi connectivity index (χ1v) is 44.1. The number of aromatic amines is 1. The molecule has 0 saturated heterocycles. The van der Waals surface area contributed by atoms with Gasteiger partial charge in [-0.1, -0.05) is 305 Å². The molecule has 11 aromatic heterocycles. The van der Waals surface area contributed by atoms with Crippen LogP contribution in [0.4, 0.5) is 0 Å². The molecule has 0 bridgehead atoms. The Kier molecular flexibility index (Phi) is 17.8. The predicted molar refractivity (Wildman–Crippen MR) is 537 cm³/mol. The Labute approximate surface area is 820 Å². The van der Waals surface area contributed by atoms with Gasteiger partial charge in [0.15, 0.2) is 5.78 Å². The zero-order valence-electron chi connectivity index (χ0n) is 83.6. The fourth-order valence-corrected chi connectivity index (χ4v) is 19.2. The molecule has 0 aliphatic carbocycles. The number of nitrogens with zero attached hydrogens (tertiary/aromatic N) is 14. The van der Waals surface area contributed by atoms with Gasteiger partial charge in [-0.15, -0.1) is 30.3 Å². The average molecular weight is 2110 g/mol. The molecule has 16 aromatic carbocycles. The van der Waals surface area contributed by atoms with Crippen molar-refractivity contribution in [1.29, 1.82) is 0 Å². The van der Waals surface area contributed by atoms with Crippen molar-refractivity contribution in [1.82, 2.24) is 61.1 Å². The number of H-pyrrole nitrogens is 1. The van der Waals surface area contributed by atoms with Crippen molar-refractivity contribution in [2.75, 3.05) is 0 Å². The van der Waals surface area contributed by atoms with Crippen molar-refractivity contribution in [2.45, 2.75) is 52.4 Å². The first kappa shape index (κ1) is 72.7. The molecule has 15 nitrogen and oxygen atoms in total. The molecule has 0 radical (unpaired) electrons. The van der Waals surface area contributed by atoms with Crippen LogP contribution in [0.5, 0.6) is 0 Å². The first-order chi connectivity index (χ1) is 69.4. The molecule has 0 spiro atoms. The van der Waals surface area contributed by atoms with Gasteiger partial charge in [-0.2, -0.15) is 48.5 Å². The number of hydrogen-bond donors (Lipinski definition) is 1. The van der Waals surface area contributed by atoms with Crippen LogP contribution in [0, 0.1) is 36.9 Å². The average Bonchev–Trinajstić information content (AvgIpc) is 1.51. The van der Waals surface area contributed by atoms with Gasteiger partial charge in [-0.05, 0) is 173 Å². The van der Waals surface area contributed by atoms with E-state index < -0.39 is 60.4 Å². The van der Waals surface area contributed by atoms with Crippen molar-refractivity contribution in [3.8, 4) is 68.0 Å². The quantitative estimate of drug-likeness (QED) is 0.109. The zero-order chi connectivity index (χ0) is 97.6. The summed E-state index contributed by atoms with van der Waals surface area (Å²) >= 11 is 0. The van der Waals surface area contributed by atoms with Gasteiger partial charge in [0.05, 0.1) is 85.9 Å². The number of imidazole rings is 6. The van der Waals surface area contributed by atoms with E-state index in [2.05, 4.69) is 309 Å². The predicted octanol–water partition coefficient (Wildman–Crippen LogP) is 26.3. The summed E-state index contributed by atoms with van der Waals surface area (Å²) in [6, 6.07) is 115. The number of hydrogen-bond acceptors (Lipinski definition) is 4. The van der Waals surface area contributed by atoms with Crippen molar-refractivity contribution >= 4 is 143 Å². The molecule has 0 fully saturated rings. The van der Waals surface area contributed by atoms with Crippen molar-refractivity contribution in [3.05, 3.63) is 436 Å². The summed E-state index contributed by atoms with van der Waals surface area (Å²) in [5, 5.41) is 6.88. The Morgan fingerprint density at radius 3 is 1.38 bits per heavy atom. The third-order valence-corrected chi connectivity index (χ3v) is 25.3. The molecule has 0 atom stereocenters. The maximum atomic E-state index is 9.11. The minimum atomic E-state index is -0.572. The summed E-state index contributed by atoms with van der Waals surface area (Å²) in [7, 11) is 0. The van der Waals surface area contributed by atoms with Crippen molar-refractivity contribution in [2.24, 2.45) is 0 Å². The Morgan fingerprint density at radius 2 is 0.800 bits per heavy atom. The van der Waals surface area contributed by atoms with Crippen molar-refractivity contribution < 1.29 is 65.0 Å². The molecule has 135 heavy (non-hydrogen) atoms. The molecule has 17 heteroatoms. The van der Waals surface area contributed by atoms with E-state index in [9.17, 15) is 0 Å². The van der Waals surface area contributed by atoms with Crippen LogP contribution in [-0.2, 0) is 53.0 Å². The molecule has 0 unspecified atom stereocenters. The number of nitrogens with one attached hydrogen (secondary N) is 1. The SMILES string of the molecule is CC(C)(C)c1ccnc(-n2c3[c-]c4[nH]c5nc6ccccc6n5c4cc3c3ccccc32)c1.[2H]c1c([2H])c([2H])c(-c2cccc(-c3c([2H])c([2H])c([2H])c([2H])c3[2H])c2-[n+]2[c-]n(-c3[c-]c(-n4c5[c-]c6c(cc5n5c7ccccc7nc45)c4ccccc4n6-c4cc(C(C)(C)C)ccn4)ccc3)c3ccccc32)c([2H])c1[2H].[Pt].[Pt].[c-]1ccccc1-n1[c-][n+](-c2ccccc2-n2c3ccccc3c3ccccc32)c2ccccc21. The third-order valence-electron chi connectivity index (χ3n) is 25.3. The third kappa shape index (κ3) is 13.8. The standard InChI is InChI=1S/C59H41N7.C31H20N3.C28H22N5.2Pt/c1-59(2,3)41-32-33-60-56(34-41)65-49-28-12-10-24-46(49)47-36-54-55(37-53(47)65)64(58-61-48-27-11-13-29-50(48)66(54)58)43-23-16-22-42(35-43)62-38-63(52-31-15-14-30-51(52)62)57-44(39-18-6-4-7-19-39)25-17-26-45(57)40-20-8-5-9-21-40;1-2-12-23(13-3-1)32-22-33(29-19-9-8-18-28(29)32)30-20-10-11-21-31(30)34-26-16-6-4-14-24(26)25-15-5-7-17-27(25)34;1-28(2,3)17-12-13-29-26(14-17)32-22-10-6-4-8-18(22)19-15-25-21(16-24(19)32)31-27-30-20-9-5-7-11-23(20)33(25)27;;/h4-34,36H,1-3H3;1-12,14-21H;4-15H,1-3H3,(H,30,31);;/q-2;2*-1;;/i4D,5D,6D,7D,8D,9D,18D,19D,20D,21D;;;;. The van der Waals surface area contributed by atoms with Crippen LogP contribution in [0.3, 0.4) is 0 Å². The van der Waals surface area contributed by atoms with Crippen LogP contribution in [0.1, 0.15) is 66.4 Å². The van der Waals surface area contributed by atoms with Crippen LogP contribution in [0.25, 0.3) is 211 Å². The van der Waals surface area contributed by atoms with Gasteiger partial charge in [-0.25, -0.2) is 19.9 Å². The van der Waals surface area contributed by atoms with Crippen LogP contribution in [0.15, 0.2) is 388 Å². The molecule has 1 N–H and O–H groups in total. The number of rotatable bonds is 10. The maximum absolute atomic E-state index is 9.11. The van der Waals surface area contributed by atoms with Crippen LogP contribution >= 0.6 is 0 Å². The summed E-state index contributed by atoms with van der Waals surface area (Å²) in [5.41, 5.74) is 23.9. The molecule has 27 aromatic rings. The fourth-order valence-electron chi connectivity index (χ4n) is 19.2. The Bertz CT molecular complexity index is 9820. The summed E-state index contributed by atoms with van der Waals surface area (Å²) in [4.78, 5) is 23.2. The molecule has 11 heterocycles. The monoisotopic (exact) mass is 2110 g/mol. The molecule has 654 valence electrons. The fraction of sp³-hybridized carbons (Fsp3) is 0.0678. The molecule has 27 rings (SSSR count). The van der Waals surface area contributed by atoms with Gasteiger partial charge in [0.25, 0.3) is 12.7 Å². The molecule has 0 amide bonds. The molecule has 0 saturated carbocycles. The smallest absolute Gasteiger partial charge is 0.268 e. The number of para-hydroxylation sites is 16. The largest absolute Gasteiger partial charge is 0.348 e. The molecular weight excluding hydrogens is 2020 g/mol. The molecule has 0 aliphatic heterocycles. The summed E-state index contributed by atoms with van der Waals surface area (Å²) < 4.78 is 109. The number of aromatic nitrogens is 15. The van der Waals surface area contributed by atoms with E-state index in [0.29, 0.717) is 28.2 Å². The van der Waals surface area contributed by atoms with Crippen LogP contribution < -0.4 is 9.13 Å². The van der Waals surface area contributed by atoms with Gasteiger partial charge in [-0.3, -0.25) is 9.13 Å². The number of benzene rings is 16. The Morgan fingerprint density at radius 1 is 0.348 bits per heavy atom. The second kappa shape index (κ2) is 33.1. The summed E-state index contributed by atoms with van der Waals surface area (Å²) in [6.07, 6.45) is 10.9. The van der Waals surface area contributed by atoms with Gasteiger partial charge >= 0.3 is 0 Å². The van der Waals surface area contributed by atoms with E-state index in [4.69, 9.17) is 33.6 Å². The zero-order valence-corrected chi connectivity index (χ0v) is 78.1. The second-order valence-electron chi connectivity index (χ2n) is 35.3. The minimum absolute atomic E-state index is 0. The van der Waals surface area contributed by atoms with Gasteiger partial charge < -0.3 is 41.2 Å². The first-order valence-electron chi connectivity index (χ1n) is 49.1. The Hall–Kier alpha value is -15.9. The van der Waals surface area contributed by atoms with E-state index >= 15 is 0 Å². The van der Waals surface area contributed by atoms with E-state index in [1.165, 1.54) is 32.8 Å². The number of fused-ring (bicyclic) bond motifs is 21. The summed E-state index contributed by atoms with van der Waals surface area (Å²) in [5.74, 6) is 3.14. The van der Waals surface area contributed by atoms with E-state index in [-0.39, 0.29) is 80.9 Å². The molecular formula is C118H83N15Pt2-4. The topological polar surface area (TPSA) is 114 Å². The van der Waals surface area contributed by atoms with E-state index in [0.717, 1.165) is 133 Å². The Balaban J connectivity index is 0.000000138. The summed E-state index contributed by atoms with van der Waals surface area (Å²) in [6.45, 7) is 13.2. The normalized spacial score (nSPS) is 13.0.